The van der Waals surface area contributed by atoms with E-state index in [1.54, 1.807) is 31.5 Å². The molecule has 0 aliphatic carbocycles. The Morgan fingerprint density at radius 1 is 1.47 bits per heavy atom. The molecule has 2 aromatic heterocycles. The van der Waals surface area contributed by atoms with Gasteiger partial charge in [0, 0.05) is 24.0 Å². The monoisotopic (exact) mass is 204 g/mol. The van der Waals surface area contributed by atoms with Crippen molar-refractivity contribution >= 4 is 5.65 Å². The third-order valence-corrected chi connectivity index (χ3v) is 2.29. The fourth-order valence-corrected chi connectivity index (χ4v) is 1.44. The van der Waals surface area contributed by atoms with E-state index in [2.05, 4.69) is 4.98 Å². The van der Waals surface area contributed by atoms with Crippen molar-refractivity contribution in [2.75, 3.05) is 7.11 Å². The standard InChI is InChI=1S/C11H12N2O2/c1-3-8-6-11(14)13-5-4-9(15-2)7-10(13)12-8/h4-7H,3H2,1-2H3. The van der Waals surface area contributed by atoms with Gasteiger partial charge in [0.1, 0.15) is 11.4 Å². The highest BCUT2D eigenvalue weighted by atomic mass is 16.5. The number of aryl methyl sites for hydroxylation is 1. The first-order chi connectivity index (χ1) is 7.24. The molecular weight excluding hydrogens is 192 g/mol. The molecule has 0 saturated carbocycles. The Morgan fingerprint density at radius 3 is 2.93 bits per heavy atom. The van der Waals surface area contributed by atoms with Gasteiger partial charge in [-0.05, 0) is 12.5 Å². The van der Waals surface area contributed by atoms with Crippen LogP contribution in [0.4, 0.5) is 0 Å². The van der Waals surface area contributed by atoms with Crippen molar-refractivity contribution in [1.29, 1.82) is 0 Å². The Morgan fingerprint density at radius 2 is 2.27 bits per heavy atom. The van der Waals surface area contributed by atoms with Crippen LogP contribution in [0.15, 0.2) is 29.2 Å². The third kappa shape index (κ3) is 1.70. The highest BCUT2D eigenvalue weighted by Crippen LogP contribution is 2.11. The highest BCUT2D eigenvalue weighted by Gasteiger charge is 2.01. The Labute approximate surface area is 87.1 Å². The molecule has 4 heteroatoms. The molecule has 0 spiro atoms. The lowest BCUT2D eigenvalue weighted by Crippen LogP contribution is -2.15. The number of ether oxygens (including phenoxy) is 1. The minimum absolute atomic E-state index is 0.0560. The van der Waals surface area contributed by atoms with Gasteiger partial charge in [-0.15, -0.1) is 0 Å². The van der Waals surface area contributed by atoms with Gasteiger partial charge in [0.2, 0.25) is 0 Å². The Bertz CT molecular complexity index is 541. The summed E-state index contributed by atoms with van der Waals surface area (Å²) in [6.45, 7) is 1.97. The van der Waals surface area contributed by atoms with Crippen LogP contribution in [0.25, 0.3) is 5.65 Å². The first-order valence-electron chi connectivity index (χ1n) is 4.81. The number of methoxy groups -OCH3 is 1. The van der Waals surface area contributed by atoms with E-state index in [9.17, 15) is 4.79 Å². The van der Waals surface area contributed by atoms with E-state index in [4.69, 9.17) is 4.74 Å². The number of nitrogens with zero attached hydrogens (tertiary/aromatic N) is 2. The second kappa shape index (κ2) is 3.73. The maximum absolute atomic E-state index is 11.6. The predicted molar refractivity (Wildman–Crippen MR) is 57.4 cm³/mol. The van der Waals surface area contributed by atoms with E-state index in [0.717, 1.165) is 12.1 Å². The van der Waals surface area contributed by atoms with Gasteiger partial charge in [0.05, 0.1) is 7.11 Å². The van der Waals surface area contributed by atoms with Gasteiger partial charge in [-0.25, -0.2) is 4.98 Å². The predicted octanol–water partition coefficient (Wildman–Crippen LogP) is 1.27. The molecule has 0 atom stereocenters. The highest BCUT2D eigenvalue weighted by molar-refractivity contribution is 5.44. The molecule has 0 N–H and O–H groups in total. The summed E-state index contributed by atoms with van der Waals surface area (Å²) in [6.07, 6.45) is 2.42. The van der Waals surface area contributed by atoms with E-state index in [1.807, 2.05) is 6.92 Å². The Kier molecular flexibility index (Phi) is 2.41. The van der Waals surface area contributed by atoms with Gasteiger partial charge in [-0.2, -0.15) is 0 Å². The molecule has 4 nitrogen and oxygen atoms in total. The van der Waals surface area contributed by atoms with Crippen LogP contribution >= 0.6 is 0 Å². The second-order valence-electron chi connectivity index (χ2n) is 3.23. The number of rotatable bonds is 2. The van der Waals surface area contributed by atoms with Gasteiger partial charge >= 0.3 is 0 Å². The lowest BCUT2D eigenvalue weighted by atomic mass is 10.3. The summed E-state index contributed by atoms with van der Waals surface area (Å²) in [5.74, 6) is 0.704. The zero-order valence-corrected chi connectivity index (χ0v) is 8.73. The quantitative estimate of drug-likeness (QED) is 0.739. The molecule has 0 radical (unpaired) electrons. The van der Waals surface area contributed by atoms with Crippen LogP contribution in [-0.2, 0) is 6.42 Å². The third-order valence-electron chi connectivity index (χ3n) is 2.29. The van der Waals surface area contributed by atoms with Gasteiger partial charge in [-0.3, -0.25) is 9.20 Å². The molecule has 15 heavy (non-hydrogen) atoms. The maximum Gasteiger partial charge on any atom is 0.258 e. The van der Waals surface area contributed by atoms with Crippen LogP contribution < -0.4 is 10.3 Å². The van der Waals surface area contributed by atoms with Crippen LogP contribution in [-0.4, -0.2) is 16.5 Å². The molecule has 0 aliphatic heterocycles. The Balaban J connectivity index is 2.75. The molecule has 0 fully saturated rings. The normalized spacial score (nSPS) is 10.5. The van der Waals surface area contributed by atoms with E-state index in [-0.39, 0.29) is 5.56 Å². The lowest BCUT2D eigenvalue weighted by Gasteiger charge is -2.04. The molecule has 2 rings (SSSR count). The molecule has 0 bridgehead atoms. The summed E-state index contributed by atoms with van der Waals surface area (Å²) < 4.78 is 6.58. The van der Waals surface area contributed by atoms with Crippen molar-refractivity contribution in [1.82, 2.24) is 9.38 Å². The molecule has 0 saturated heterocycles. The number of hydrogen-bond acceptors (Lipinski definition) is 3. The topological polar surface area (TPSA) is 43.6 Å². The van der Waals surface area contributed by atoms with Crippen molar-refractivity contribution in [3.05, 3.63) is 40.4 Å². The molecule has 0 aliphatic rings. The molecule has 2 aromatic rings. The van der Waals surface area contributed by atoms with Crippen molar-refractivity contribution in [3.8, 4) is 5.75 Å². The van der Waals surface area contributed by atoms with E-state index < -0.39 is 0 Å². The summed E-state index contributed by atoms with van der Waals surface area (Å²) >= 11 is 0. The second-order valence-corrected chi connectivity index (χ2v) is 3.23. The summed E-state index contributed by atoms with van der Waals surface area (Å²) in [4.78, 5) is 16.0. The van der Waals surface area contributed by atoms with E-state index >= 15 is 0 Å². The van der Waals surface area contributed by atoms with Crippen molar-refractivity contribution in [2.45, 2.75) is 13.3 Å². The van der Waals surface area contributed by atoms with E-state index in [0.29, 0.717) is 11.4 Å². The summed E-state index contributed by atoms with van der Waals surface area (Å²) in [5.41, 5.74) is 1.37. The Hall–Kier alpha value is -1.84. The molecule has 0 amide bonds. The average molecular weight is 204 g/mol. The van der Waals surface area contributed by atoms with Crippen LogP contribution in [0.1, 0.15) is 12.6 Å². The maximum atomic E-state index is 11.6. The fraction of sp³-hybridized carbons (Fsp3) is 0.273. The molecule has 78 valence electrons. The largest absolute Gasteiger partial charge is 0.497 e. The zero-order chi connectivity index (χ0) is 10.8. The van der Waals surface area contributed by atoms with Gasteiger partial charge < -0.3 is 4.74 Å². The summed E-state index contributed by atoms with van der Waals surface area (Å²) in [5, 5.41) is 0. The number of pyridine rings is 1. The van der Waals surface area contributed by atoms with Gasteiger partial charge in [0.15, 0.2) is 0 Å². The van der Waals surface area contributed by atoms with Crippen molar-refractivity contribution < 1.29 is 4.74 Å². The first-order valence-corrected chi connectivity index (χ1v) is 4.81. The zero-order valence-electron chi connectivity index (χ0n) is 8.73. The fourth-order valence-electron chi connectivity index (χ4n) is 1.44. The number of aromatic nitrogens is 2. The van der Waals surface area contributed by atoms with E-state index in [1.165, 1.54) is 4.40 Å². The molecule has 2 heterocycles. The molecule has 0 aromatic carbocycles. The van der Waals surface area contributed by atoms with Crippen molar-refractivity contribution in [2.24, 2.45) is 0 Å². The van der Waals surface area contributed by atoms with Crippen LogP contribution in [0.3, 0.4) is 0 Å². The molecular formula is C11H12N2O2. The smallest absolute Gasteiger partial charge is 0.258 e. The van der Waals surface area contributed by atoms with Gasteiger partial charge in [0.25, 0.3) is 5.56 Å². The van der Waals surface area contributed by atoms with Crippen LogP contribution in [0.2, 0.25) is 0 Å². The molecule has 0 unspecified atom stereocenters. The minimum atomic E-state index is -0.0560. The summed E-state index contributed by atoms with van der Waals surface area (Å²) in [6, 6.07) is 5.04. The average Bonchev–Trinajstić information content (AvgIpc) is 2.28. The van der Waals surface area contributed by atoms with Crippen LogP contribution in [0.5, 0.6) is 5.75 Å². The van der Waals surface area contributed by atoms with Crippen molar-refractivity contribution in [3.63, 3.8) is 0 Å². The van der Waals surface area contributed by atoms with Gasteiger partial charge in [-0.1, -0.05) is 6.92 Å². The summed E-state index contributed by atoms with van der Waals surface area (Å²) in [7, 11) is 1.59. The lowest BCUT2D eigenvalue weighted by molar-refractivity contribution is 0.414. The first kappa shape index (κ1) is 9.71. The minimum Gasteiger partial charge on any atom is -0.497 e. The SMILES string of the molecule is CCc1cc(=O)n2ccc(OC)cc2n1. The van der Waals surface area contributed by atoms with Crippen LogP contribution in [0, 0.1) is 0 Å². The number of fused-ring (bicyclic) bond motifs is 1. The number of hydrogen-bond donors (Lipinski definition) is 0.